The molecule has 15 heteroatoms. The van der Waals surface area contributed by atoms with Crippen LogP contribution in [0.2, 0.25) is 0 Å². The second-order valence-electron chi connectivity index (χ2n) is 15.1. The molecule has 0 bridgehead atoms. The summed E-state index contributed by atoms with van der Waals surface area (Å²) in [4.78, 5) is 59.4. The first kappa shape index (κ1) is 52.9. The molecule has 3 aliphatic carbocycles. The van der Waals surface area contributed by atoms with Crippen molar-refractivity contribution >= 4 is 35.3 Å². The molecule has 0 spiro atoms. The number of likely N-dealkylation sites (N-methyl/N-ethyl adjacent to an activating group) is 2. The molecule has 3 saturated carbocycles. The van der Waals surface area contributed by atoms with Crippen LogP contribution in [0.15, 0.2) is 48.8 Å². The summed E-state index contributed by atoms with van der Waals surface area (Å²) in [5.41, 5.74) is -2.58. The zero-order chi connectivity index (χ0) is 39.1. The second-order valence-corrected chi connectivity index (χ2v) is 15.1. The molecule has 3 unspecified atom stereocenters. The zero-order valence-electron chi connectivity index (χ0n) is 33.6. The summed E-state index contributed by atoms with van der Waals surface area (Å²) in [6.45, 7) is 6.82. The van der Waals surface area contributed by atoms with Gasteiger partial charge in [0.2, 0.25) is 0 Å². The second kappa shape index (κ2) is 25.3. The van der Waals surface area contributed by atoms with Gasteiger partial charge >= 0.3 is 47.5 Å². The van der Waals surface area contributed by atoms with E-state index in [0.717, 1.165) is 50.2 Å². The molecule has 0 aliphatic heterocycles. The molecule has 3 fully saturated rings. The fraction of sp³-hybridized carbons (Fsp3) is 0.659. The van der Waals surface area contributed by atoms with Crippen molar-refractivity contribution < 1.29 is 79.0 Å². The zero-order valence-corrected chi connectivity index (χ0v) is 35.6. The number of aromatic nitrogens is 2. The Balaban J connectivity index is 0.000000826. The van der Waals surface area contributed by atoms with E-state index in [1.165, 1.54) is 0 Å². The van der Waals surface area contributed by atoms with Gasteiger partial charge in [-0.25, -0.2) is 9.97 Å². The predicted octanol–water partition coefficient (Wildman–Crippen LogP) is 2.69. The number of esters is 2. The Hall–Kier alpha value is -3.14. The average molecular weight is 797 g/mol. The smallest absolute Gasteiger partial charge is 0.870 e. The number of carbonyl (C=O) groups excluding carboxylic acids is 3. The normalized spacial score (nSPS) is 25.3. The van der Waals surface area contributed by atoms with Crippen LogP contribution >= 0.6 is 0 Å². The van der Waals surface area contributed by atoms with Crippen molar-refractivity contribution in [3.63, 3.8) is 0 Å². The first-order valence-electron chi connectivity index (χ1n) is 18.9. The predicted molar refractivity (Wildman–Crippen MR) is 210 cm³/mol. The van der Waals surface area contributed by atoms with Crippen molar-refractivity contribution in [1.29, 1.82) is 0 Å². The Bertz CT molecular complexity index is 1470. The van der Waals surface area contributed by atoms with E-state index in [2.05, 4.69) is 9.97 Å². The minimum Gasteiger partial charge on any atom is -0.870 e. The molecular weight excluding hydrogens is 731 g/mol. The number of ketones is 1. The van der Waals surface area contributed by atoms with Gasteiger partial charge in [-0.2, -0.15) is 0 Å². The molecule has 0 radical (unpaired) electrons. The van der Waals surface area contributed by atoms with Crippen LogP contribution in [-0.4, -0.2) is 107 Å². The van der Waals surface area contributed by atoms with E-state index in [-0.39, 0.29) is 66.8 Å². The molecule has 5 atom stereocenters. The molecule has 2 aromatic rings. The quantitative estimate of drug-likeness (QED) is 0.170. The van der Waals surface area contributed by atoms with Crippen LogP contribution in [0, 0.1) is 16.2 Å². The van der Waals surface area contributed by atoms with Gasteiger partial charge in [-0.3, -0.25) is 19.2 Å². The van der Waals surface area contributed by atoms with Crippen molar-refractivity contribution in [2.75, 3.05) is 50.2 Å². The van der Waals surface area contributed by atoms with Gasteiger partial charge in [0.05, 0.1) is 36.1 Å². The van der Waals surface area contributed by atoms with Crippen LogP contribution < -0.4 is 39.4 Å². The summed E-state index contributed by atoms with van der Waals surface area (Å²) >= 11 is 0. The number of ether oxygens (including phenoxy) is 2. The first-order chi connectivity index (χ1) is 25.1. The minimum atomic E-state index is -0.943. The molecular formula is C41H65N4NaO10. The summed E-state index contributed by atoms with van der Waals surface area (Å²) in [6.07, 6.45) is 11.5. The number of hydrogen-bond acceptors (Lipinski definition) is 13. The number of nitrogens with zero attached hydrogens (tertiary/aromatic N) is 4. The number of carboxylic acid groups (broad SMARTS) is 1. The number of pyridine rings is 2. The number of aliphatic hydroxyl groups excluding tert-OH is 2. The van der Waals surface area contributed by atoms with E-state index in [0.29, 0.717) is 58.2 Å². The fourth-order valence-corrected chi connectivity index (χ4v) is 6.78. The van der Waals surface area contributed by atoms with E-state index in [4.69, 9.17) is 14.6 Å². The van der Waals surface area contributed by atoms with Crippen LogP contribution in [0.1, 0.15) is 105 Å². The maximum absolute atomic E-state index is 12.2. The number of aliphatic hydroxyl groups is 2. The van der Waals surface area contributed by atoms with Crippen molar-refractivity contribution in [2.45, 2.75) is 117 Å². The fourth-order valence-electron chi connectivity index (χ4n) is 6.78. The Labute approximate surface area is 355 Å². The standard InChI is InChI=1S/C16H24N2O3.C16H22N2O3.C8H14O3.CH4.Na.H2O/c2*1-16(9-5-3-7-13(16)19)15(20)21-12-11-18(2)14-8-4-6-10-17-14;1-8(7(10)11)5-3-2-4-6(8)9;;;/h4,6,8,10,13,19H,3,5,7,9,11-12H2,1-2H3;4,6,8,10H,3,5,7,9,11-12H2,1-2H3;6,9H,2-5H2,1H3,(H,10,11);1H4;;1H2/q;;;;+1;/p-1/t13-,16?;;6-,8?;;;/m1.1.../s1. The van der Waals surface area contributed by atoms with Crippen LogP contribution in [0.3, 0.4) is 0 Å². The van der Waals surface area contributed by atoms with E-state index in [1.54, 1.807) is 26.2 Å². The summed E-state index contributed by atoms with van der Waals surface area (Å²) in [5.74, 6) is 0.137. The molecule has 4 N–H and O–H groups in total. The molecule has 3 aliphatic rings. The maximum atomic E-state index is 12.2. The Morgan fingerprint density at radius 3 is 1.57 bits per heavy atom. The molecule has 56 heavy (non-hydrogen) atoms. The minimum absolute atomic E-state index is 0. The monoisotopic (exact) mass is 796 g/mol. The topological polar surface area (TPSA) is 210 Å². The summed E-state index contributed by atoms with van der Waals surface area (Å²) in [7, 11) is 3.80. The largest absolute Gasteiger partial charge is 1.00 e. The van der Waals surface area contributed by atoms with E-state index in [1.807, 2.05) is 67.2 Å². The van der Waals surface area contributed by atoms with Crippen LogP contribution in [-0.2, 0) is 28.7 Å². The first-order valence-corrected chi connectivity index (χ1v) is 18.9. The number of carboxylic acids is 1. The van der Waals surface area contributed by atoms with Gasteiger partial charge in [0.25, 0.3) is 0 Å². The third kappa shape index (κ3) is 14.7. The number of carbonyl (C=O) groups is 4. The summed E-state index contributed by atoms with van der Waals surface area (Å²) in [6, 6.07) is 11.4. The molecule has 0 amide bonds. The number of anilines is 2. The summed E-state index contributed by atoms with van der Waals surface area (Å²) < 4.78 is 10.7. The van der Waals surface area contributed by atoms with Gasteiger partial charge in [-0.05, 0) is 83.6 Å². The van der Waals surface area contributed by atoms with Crippen LogP contribution in [0.4, 0.5) is 11.6 Å². The Morgan fingerprint density at radius 1 is 0.732 bits per heavy atom. The van der Waals surface area contributed by atoms with Gasteiger partial charge in [0.1, 0.15) is 36.0 Å². The van der Waals surface area contributed by atoms with Crippen LogP contribution in [0.25, 0.3) is 0 Å². The van der Waals surface area contributed by atoms with Gasteiger partial charge in [-0.15, -0.1) is 0 Å². The molecule has 2 heterocycles. The number of aliphatic carboxylic acids is 1. The SMILES string of the molecule is C.CC1(C(=O)O)CCCC[C@H]1O.CN(CCOC(=O)C1(C)CCCCC1=O)c1ccccn1.CN(CCOC(=O)C1(C)CCCC[C@H]1O)c1ccccn1.[Na+].[OH-]. The van der Waals surface area contributed by atoms with Gasteiger partial charge in [0, 0.05) is 32.9 Å². The van der Waals surface area contributed by atoms with Crippen molar-refractivity contribution in [3.05, 3.63) is 48.8 Å². The third-order valence-corrected chi connectivity index (χ3v) is 11.1. The molecule has 5 rings (SSSR count). The van der Waals surface area contributed by atoms with Gasteiger partial charge < -0.3 is 40.1 Å². The molecule has 0 aromatic carbocycles. The average Bonchev–Trinajstić information content (AvgIpc) is 3.16. The van der Waals surface area contributed by atoms with Crippen molar-refractivity contribution in [1.82, 2.24) is 9.97 Å². The van der Waals surface area contributed by atoms with Crippen molar-refractivity contribution in [3.8, 4) is 0 Å². The van der Waals surface area contributed by atoms with Crippen molar-refractivity contribution in [2.24, 2.45) is 16.2 Å². The van der Waals surface area contributed by atoms with E-state index in [9.17, 15) is 29.4 Å². The Morgan fingerprint density at radius 2 is 1.18 bits per heavy atom. The number of rotatable bonds is 11. The number of hydrogen-bond donors (Lipinski definition) is 3. The van der Waals surface area contributed by atoms with Crippen LogP contribution in [0.5, 0.6) is 0 Å². The summed E-state index contributed by atoms with van der Waals surface area (Å²) in [5, 5.41) is 28.3. The Kier molecular flexibility index (Phi) is 23.9. The maximum Gasteiger partial charge on any atom is 1.00 e. The third-order valence-electron chi connectivity index (χ3n) is 11.1. The van der Waals surface area contributed by atoms with Gasteiger partial charge in [0.15, 0.2) is 0 Å². The van der Waals surface area contributed by atoms with E-state index < -0.39 is 34.4 Å². The molecule has 0 saturated heterocycles. The van der Waals surface area contributed by atoms with E-state index >= 15 is 0 Å². The molecule has 310 valence electrons. The van der Waals surface area contributed by atoms with Gasteiger partial charge in [-0.1, -0.05) is 51.7 Å². The molecule has 2 aromatic heterocycles. The number of Topliss-reactive ketones (excluding diaryl/α,β-unsaturated/α-hetero) is 1. The molecule has 14 nitrogen and oxygen atoms in total.